The molecule has 10 rings (SSSR count). The van der Waals surface area contributed by atoms with Crippen LogP contribution in [0.25, 0.3) is 75.1 Å². The molecule has 0 N–H and O–H groups in total. The van der Waals surface area contributed by atoms with Crippen LogP contribution in [0.2, 0.25) is 0 Å². The monoisotopic (exact) mass is 643 g/mol. The van der Waals surface area contributed by atoms with Crippen molar-refractivity contribution in [2.24, 2.45) is 0 Å². The van der Waals surface area contributed by atoms with Crippen LogP contribution in [0, 0.1) is 0 Å². The van der Waals surface area contributed by atoms with Crippen LogP contribution >= 0.6 is 11.3 Å². The van der Waals surface area contributed by atoms with Crippen LogP contribution in [-0.2, 0) is 0 Å². The summed E-state index contributed by atoms with van der Waals surface area (Å²) in [6, 6.07) is 63.2. The van der Waals surface area contributed by atoms with Crippen LogP contribution in [-0.4, -0.2) is 0 Å². The molecule has 0 unspecified atom stereocenters. The SMILES string of the molecule is c1ccc(-c2cccc(N(c3ccc(-c4cccc5c4oc4ccccc45)cc3)c3ccc4c(c3)sc3c5ccccc5ccc43)c2)cc1. The van der Waals surface area contributed by atoms with Gasteiger partial charge in [0.15, 0.2) is 0 Å². The zero-order valence-electron chi connectivity index (χ0n) is 26.5. The molecule has 10 aromatic rings. The van der Waals surface area contributed by atoms with Crippen molar-refractivity contribution in [3.05, 3.63) is 176 Å². The Hall–Kier alpha value is -6.16. The molecule has 2 heterocycles. The zero-order valence-corrected chi connectivity index (χ0v) is 27.3. The van der Waals surface area contributed by atoms with Crippen molar-refractivity contribution < 1.29 is 4.42 Å². The van der Waals surface area contributed by atoms with Gasteiger partial charge in [-0.15, -0.1) is 11.3 Å². The topological polar surface area (TPSA) is 16.4 Å². The Labute approximate surface area is 287 Å². The van der Waals surface area contributed by atoms with Gasteiger partial charge in [-0.1, -0.05) is 133 Å². The number of benzene rings is 8. The first kappa shape index (κ1) is 27.9. The second kappa shape index (κ2) is 11.2. The van der Waals surface area contributed by atoms with Crippen molar-refractivity contribution in [3.8, 4) is 22.3 Å². The van der Waals surface area contributed by atoms with Crippen molar-refractivity contribution in [3.63, 3.8) is 0 Å². The number of thiophene rings is 1. The largest absolute Gasteiger partial charge is 0.455 e. The summed E-state index contributed by atoms with van der Waals surface area (Å²) in [4.78, 5) is 2.37. The average molecular weight is 644 g/mol. The molecular formula is C46H29NOS. The Morgan fingerprint density at radius 1 is 0.408 bits per heavy atom. The molecule has 0 spiro atoms. The lowest BCUT2D eigenvalue weighted by atomic mass is 10.0. The van der Waals surface area contributed by atoms with E-state index in [1.54, 1.807) is 0 Å². The summed E-state index contributed by atoms with van der Waals surface area (Å²) in [5.41, 5.74) is 9.77. The van der Waals surface area contributed by atoms with Gasteiger partial charge in [0.1, 0.15) is 11.2 Å². The van der Waals surface area contributed by atoms with Gasteiger partial charge in [0.25, 0.3) is 0 Å². The minimum absolute atomic E-state index is 0.913. The fraction of sp³-hybridized carbons (Fsp3) is 0. The van der Waals surface area contributed by atoms with E-state index in [0.717, 1.165) is 50.1 Å². The van der Waals surface area contributed by atoms with Gasteiger partial charge in [-0.05, 0) is 69.9 Å². The summed E-state index contributed by atoms with van der Waals surface area (Å²) >= 11 is 1.88. The van der Waals surface area contributed by atoms with Crippen molar-refractivity contribution >= 4 is 81.3 Å². The van der Waals surface area contributed by atoms with Gasteiger partial charge >= 0.3 is 0 Å². The Morgan fingerprint density at radius 2 is 1.10 bits per heavy atom. The third kappa shape index (κ3) is 4.62. The van der Waals surface area contributed by atoms with Gasteiger partial charge in [-0.3, -0.25) is 0 Å². The molecule has 0 fully saturated rings. The standard InChI is InChI=1S/C46H29NOS/c1-2-10-30(11-3-1)33-13-8-14-35(28-33)47(36-25-27-40-42-26-22-31-12-4-5-15-38(31)46(42)49-44(40)29-36)34-23-20-32(21-24-34)37-17-9-18-41-39-16-6-7-19-43(39)48-45(37)41/h1-29H. The van der Waals surface area contributed by atoms with E-state index >= 15 is 0 Å². The first-order valence-corrected chi connectivity index (χ1v) is 17.4. The second-order valence-corrected chi connectivity index (χ2v) is 13.6. The number of furan rings is 1. The molecule has 0 saturated heterocycles. The molecule has 3 heteroatoms. The van der Waals surface area contributed by atoms with Crippen LogP contribution in [0.1, 0.15) is 0 Å². The van der Waals surface area contributed by atoms with Gasteiger partial charge in [0.2, 0.25) is 0 Å². The van der Waals surface area contributed by atoms with E-state index in [9.17, 15) is 0 Å². The molecule has 0 radical (unpaired) electrons. The van der Waals surface area contributed by atoms with Gasteiger partial charge in [-0.2, -0.15) is 0 Å². The third-order valence-electron chi connectivity index (χ3n) is 9.66. The van der Waals surface area contributed by atoms with Crippen molar-refractivity contribution in [1.29, 1.82) is 0 Å². The van der Waals surface area contributed by atoms with E-state index in [2.05, 4.69) is 169 Å². The van der Waals surface area contributed by atoms with Crippen LogP contribution in [0.5, 0.6) is 0 Å². The quantitative estimate of drug-likeness (QED) is 0.186. The summed E-state index contributed by atoms with van der Waals surface area (Å²) in [7, 11) is 0. The predicted molar refractivity (Wildman–Crippen MR) is 210 cm³/mol. The number of para-hydroxylation sites is 2. The van der Waals surface area contributed by atoms with E-state index in [-0.39, 0.29) is 0 Å². The number of hydrogen-bond acceptors (Lipinski definition) is 3. The van der Waals surface area contributed by atoms with Gasteiger partial charge in [0, 0.05) is 53.6 Å². The molecule has 230 valence electrons. The number of hydrogen-bond donors (Lipinski definition) is 0. The smallest absolute Gasteiger partial charge is 0.143 e. The van der Waals surface area contributed by atoms with Crippen molar-refractivity contribution in [1.82, 2.24) is 0 Å². The number of nitrogens with zero attached hydrogens (tertiary/aromatic N) is 1. The maximum atomic E-state index is 6.39. The van der Waals surface area contributed by atoms with E-state index < -0.39 is 0 Å². The highest BCUT2D eigenvalue weighted by atomic mass is 32.1. The molecule has 49 heavy (non-hydrogen) atoms. The Morgan fingerprint density at radius 3 is 2.00 bits per heavy atom. The second-order valence-electron chi connectivity index (χ2n) is 12.5. The van der Waals surface area contributed by atoms with Gasteiger partial charge < -0.3 is 9.32 Å². The highest BCUT2D eigenvalue weighted by Crippen LogP contribution is 2.44. The average Bonchev–Trinajstić information content (AvgIpc) is 3.74. The number of rotatable bonds is 5. The Bertz CT molecular complexity index is 2830. The first-order chi connectivity index (χ1) is 24.3. The molecule has 0 aliphatic carbocycles. The molecule has 0 atom stereocenters. The minimum Gasteiger partial charge on any atom is -0.455 e. The minimum atomic E-state index is 0.913. The maximum Gasteiger partial charge on any atom is 0.143 e. The lowest BCUT2D eigenvalue weighted by molar-refractivity contribution is 0.670. The third-order valence-corrected chi connectivity index (χ3v) is 10.9. The highest BCUT2D eigenvalue weighted by Gasteiger charge is 2.18. The van der Waals surface area contributed by atoms with Crippen LogP contribution in [0.3, 0.4) is 0 Å². The Balaban J connectivity index is 1.13. The molecular weight excluding hydrogens is 615 g/mol. The van der Waals surface area contributed by atoms with Crippen molar-refractivity contribution in [2.45, 2.75) is 0 Å². The molecule has 0 bridgehead atoms. The summed E-state index contributed by atoms with van der Waals surface area (Å²) in [5.74, 6) is 0. The van der Waals surface area contributed by atoms with Crippen LogP contribution < -0.4 is 4.90 Å². The van der Waals surface area contributed by atoms with Gasteiger partial charge in [0.05, 0.1) is 0 Å². The number of anilines is 3. The predicted octanol–water partition coefficient (Wildman–Crippen LogP) is 13.9. The molecule has 0 saturated carbocycles. The van der Waals surface area contributed by atoms with E-state index in [4.69, 9.17) is 4.42 Å². The molecule has 2 nitrogen and oxygen atoms in total. The van der Waals surface area contributed by atoms with Crippen LogP contribution in [0.15, 0.2) is 180 Å². The first-order valence-electron chi connectivity index (χ1n) is 16.6. The lowest BCUT2D eigenvalue weighted by Crippen LogP contribution is -2.09. The highest BCUT2D eigenvalue weighted by molar-refractivity contribution is 7.26. The fourth-order valence-corrected chi connectivity index (χ4v) is 8.57. The lowest BCUT2D eigenvalue weighted by Gasteiger charge is -2.26. The summed E-state index contributed by atoms with van der Waals surface area (Å²) in [6.07, 6.45) is 0. The Kier molecular flexibility index (Phi) is 6.39. The molecule has 0 amide bonds. The summed E-state index contributed by atoms with van der Waals surface area (Å²) in [5, 5.41) is 7.48. The van der Waals surface area contributed by atoms with E-state index in [0.29, 0.717) is 0 Å². The molecule has 0 aliphatic heterocycles. The fourth-order valence-electron chi connectivity index (χ4n) is 7.30. The molecule has 0 aliphatic rings. The zero-order chi connectivity index (χ0) is 32.3. The van der Waals surface area contributed by atoms with Crippen molar-refractivity contribution in [2.75, 3.05) is 4.90 Å². The normalized spacial score (nSPS) is 11.7. The van der Waals surface area contributed by atoms with Gasteiger partial charge in [-0.25, -0.2) is 0 Å². The summed E-state index contributed by atoms with van der Waals surface area (Å²) in [6.45, 7) is 0. The number of fused-ring (bicyclic) bond motifs is 8. The van der Waals surface area contributed by atoms with E-state index in [1.165, 1.54) is 42.1 Å². The molecule has 2 aromatic heterocycles. The summed E-state index contributed by atoms with van der Waals surface area (Å²) < 4.78 is 9.01. The van der Waals surface area contributed by atoms with E-state index in [1.807, 2.05) is 23.5 Å². The maximum absolute atomic E-state index is 6.39. The van der Waals surface area contributed by atoms with Crippen LogP contribution in [0.4, 0.5) is 17.1 Å². The molecule has 8 aromatic carbocycles.